The van der Waals surface area contributed by atoms with Crippen LogP contribution in [0.3, 0.4) is 0 Å². The molecule has 0 spiro atoms. The lowest BCUT2D eigenvalue weighted by molar-refractivity contribution is -0.106. The minimum atomic E-state index is -0.0371. The normalized spacial score (nSPS) is 23.5. The van der Waals surface area contributed by atoms with E-state index in [1.165, 1.54) is 11.1 Å². The van der Waals surface area contributed by atoms with Gasteiger partial charge in [0.25, 0.3) is 0 Å². The Morgan fingerprint density at radius 1 is 1.40 bits per heavy atom. The molecule has 0 aliphatic carbocycles. The molecule has 2 heteroatoms. The van der Waals surface area contributed by atoms with E-state index in [1.54, 1.807) is 0 Å². The van der Waals surface area contributed by atoms with Crippen molar-refractivity contribution in [1.29, 1.82) is 0 Å². The van der Waals surface area contributed by atoms with Gasteiger partial charge in [0.2, 0.25) is 0 Å². The molecule has 1 aromatic carbocycles. The number of rotatable bonds is 3. The second-order valence-corrected chi connectivity index (χ2v) is 3.61. The van der Waals surface area contributed by atoms with Crippen LogP contribution in [0.25, 0.3) is 6.08 Å². The van der Waals surface area contributed by atoms with Gasteiger partial charge in [-0.25, -0.2) is 0 Å². The van der Waals surface area contributed by atoms with Crippen LogP contribution in [0, 0.1) is 0 Å². The predicted molar refractivity (Wildman–Crippen MR) is 60.4 cm³/mol. The van der Waals surface area contributed by atoms with Crippen LogP contribution in [0.15, 0.2) is 35.9 Å². The third-order valence-corrected chi connectivity index (χ3v) is 2.41. The third-order valence-electron chi connectivity index (χ3n) is 2.41. The molecule has 1 aromatic rings. The van der Waals surface area contributed by atoms with Crippen molar-refractivity contribution in [2.24, 2.45) is 0 Å². The summed E-state index contributed by atoms with van der Waals surface area (Å²) in [5, 5.41) is 0. The summed E-state index contributed by atoms with van der Waals surface area (Å²) in [4.78, 5) is 0. The maximum atomic E-state index is 5.49. The summed E-state index contributed by atoms with van der Waals surface area (Å²) in [7, 11) is 0. The minimum Gasteiger partial charge on any atom is -0.353 e. The second kappa shape index (κ2) is 5.10. The van der Waals surface area contributed by atoms with Gasteiger partial charge in [-0.05, 0) is 18.1 Å². The van der Waals surface area contributed by atoms with Crippen molar-refractivity contribution in [2.75, 3.05) is 13.2 Å². The highest BCUT2D eigenvalue weighted by molar-refractivity contribution is 5.53. The molecule has 1 aliphatic heterocycles. The first-order chi connectivity index (χ1) is 7.38. The van der Waals surface area contributed by atoms with Crippen molar-refractivity contribution in [2.45, 2.75) is 19.6 Å². The summed E-state index contributed by atoms with van der Waals surface area (Å²) in [6, 6.07) is 10.3. The highest BCUT2D eigenvalue weighted by Crippen LogP contribution is 2.21. The van der Waals surface area contributed by atoms with Crippen molar-refractivity contribution in [1.82, 2.24) is 0 Å². The molecule has 0 saturated carbocycles. The molecule has 2 rings (SSSR count). The largest absolute Gasteiger partial charge is 0.353 e. The molecule has 15 heavy (non-hydrogen) atoms. The summed E-state index contributed by atoms with van der Waals surface area (Å²) in [5.74, 6) is 0. The Balaban J connectivity index is 1.98. The molecule has 0 N–H and O–H groups in total. The van der Waals surface area contributed by atoms with Crippen molar-refractivity contribution in [3.63, 3.8) is 0 Å². The molecule has 1 saturated heterocycles. The smallest absolute Gasteiger partial charge is 0.161 e. The molecule has 2 nitrogen and oxygen atoms in total. The van der Waals surface area contributed by atoms with E-state index in [9.17, 15) is 0 Å². The lowest BCUT2D eigenvalue weighted by atomic mass is 10.1. The molecule has 0 bridgehead atoms. The van der Waals surface area contributed by atoms with Crippen LogP contribution in [0.2, 0.25) is 0 Å². The molecule has 1 heterocycles. The molecule has 0 radical (unpaired) electrons. The number of hydrogen-bond donors (Lipinski definition) is 0. The van der Waals surface area contributed by atoms with E-state index >= 15 is 0 Å². The zero-order chi connectivity index (χ0) is 10.5. The van der Waals surface area contributed by atoms with Crippen molar-refractivity contribution >= 4 is 6.08 Å². The van der Waals surface area contributed by atoms with Crippen LogP contribution in [0.5, 0.6) is 0 Å². The van der Waals surface area contributed by atoms with Crippen LogP contribution in [0.1, 0.15) is 18.9 Å². The average molecular weight is 204 g/mol. The molecule has 0 amide bonds. The molecular formula is C13H16O2. The van der Waals surface area contributed by atoms with Gasteiger partial charge in [0.1, 0.15) is 0 Å². The Morgan fingerprint density at radius 2 is 2.20 bits per heavy atom. The van der Waals surface area contributed by atoms with Crippen LogP contribution in [0.4, 0.5) is 0 Å². The highest BCUT2D eigenvalue weighted by Gasteiger charge is 2.19. The van der Waals surface area contributed by atoms with E-state index in [2.05, 4.69) is 18.2 Å². The lowest BCUT2D eigenvalue weighted by Crippen LogP contribution is -2.09. The molecular weight excluding hydrogens is 188 g/mol. The summed E-state index contributed by atoms with van der Waals surface area (Å²) in [6.07, 6.45) is 3.03. The van der Waals surface area contributed by atoms with E-state index in [-0.39, 0.29) is 6.29 Å². The third kappa shape index (κ3) is 2.91. The van der Waals surface area contributed by atoms with Gasteiger partial charge in [-0.15, -0.1) is 0 Å². The summed E-state index contributed by atoms with van der Waals surface area (Å²) >= 11 is 0. The quantitative estimate of drug-likeness (QED) is 0.753. The number of ether oxygens (including phenoxy) is 2. The van der Waals surface area contributed by atoms with E-state index in [0.29, 0.717) is 13.2 Å². The predicted octanol–water partition coefficient (Wildman–Crippen LogP) is 2.85. The zero-order valence-electron chi connectivity index (χ0n) is 8.98. The van der Waals surface area contributed by atoms with E-state index in [4.69, 9.17) is 9.47 Å². The van der Waals surface area contributed by atoms with E-state index in [0.717, 1.165) is 6.42 Å². The van der Waals surface area contributed by atoms with Gasteiger partial charge in [0.05, 0.1) is 6.61 Å². The summed E-state index contributed by atoms with van der Waals surface area (Å²) in [5.41, 5.74) is 2.54. The monoisotopic (exact) mass is 204 g/mol. The van der Waals surface area contributed by atoms with Gasteiger partial charge in [-0.1, -0.05) is 36.4 Å². The molecule has 1 aliphatic rings. The SMILES string of the molecule is CCOC1C/C(=C/c2ccccc2)CO1. The fourth-order valence-electron chi connectivity index (χ4n) is 1.71. The van der Waals surface area contributed by atoms with Gasteiger partial charge >= 0.3 is 0 Å². The molecule has 80 valence electrons. The van der Waals surface area contributed by atoms with Crippen molar-refractivity contribution < 1.29 is 9.47 Å². The Labute approximate surface area is 90.5 Å². The average Bonchev–Trinajstić information content (AvgIpc) is 2.68. The maximum absolute atomic E-state index is 5.49. The first-order valence-corrected chi connectivity index (χ1v) is 5.36. The highest BCUT2D eigenvalue weighted by atomic mass is 16.7. The Bertz CT molecular complexity index is 330. The topological polar surface area (TPSA) is 18.5 Å². The van der Waals surface area contributed by atoms with Crippen LogP contribution < -0.4 is 0 Å². The fourth-order valence-corrected chi connectivity index (χ4v) is 1.71. The second-order valence-electron chi connectivity index (χ2n) is 3.61. The Hall–Kier alpha value is -1.12. The molecule has 1 unspecified atom stereocenters. The summed E-state index contributed by atoms with van der Waals surface area (Å²) < 4.78 is 10.9. The zero-order valence-corrected chi connectivity index (χ0v) is 8.98. The van der Waals surface area contributed by atoms with E-state index in [1.807, 2.05) is 25.1 Å². The van der Waals surface area contributed by atoms with Crippen molar-refractivity contribution in [3.05, 3.63) is 41.5 Å². The first-order valence-electron chi connectivity index (χ1n) is 5.36. The standard InChI is InChI=1S/C13H16O2/c1-2-14-13-9-12(10-15-13)8-11-6-4-3-5-7-11/h3-8,13H,2,9-10H2,1H3/b12-8-. The van der Waals surface area contributed by atoms with Crippen LogP contribution in [-0.4, -0.2) is 19.5 Å². The molecule has 0 aromatic heterocycles. The van der Waals surface area contributed by atoms with Gasteiger partial charge in [0.15, 0.2) is 6.29 Å². The van der Waals surface area contributed by atoms with Crippen LogP contribution >= 0.6 is 0 Å². The fraction of sp³-hybridized carbons (Fsp3) is 0.385. The van der Waals surface area contributed by atoms with E-state index < -0.39 is 0 Å². The number of benzene rings is 1. The van der Waals surface area contributed by atoms with Gasteiger partial charge in [0, 0.05) is 13.0 Å². The minimum absolute atomic E-state index is 0.0371. The number of hydrogen-bond acceptors (Lipinski definition) is 2. The molecule has 1 atom stereocenters. The van der Waals surface area contributed by atoms with Gasteiger partial charge < -0.3 is 9.47 Å². The van der Waals surface area contributed by atoms with Crippen molar-refractivity contribution in [3.8, 4) is 0 Å². The van der Waals surface area contributed by atoms with Gasteiger partial charge in [-0.2, -0.15) is 0 Å². The Morgan fingerprint density at radius 3 is 2.93 bits per heavy atom. The maximum Gasteiger partial charge on any atom is 0.161 e. The van der Waals surface area contributed by atoms with Crippen LogP contribution in [-0.2, 0) is 9.47 Å². The lowest BCUT2D eigenvalue weighted by Gasteiger charge is -2.06. The summed E-state index contributed by atoms with van der Waals surface area (Å²) in [6.45, 7) is 3.39. The Kier molecular flexibility index (Phi) is 3.54. The van der Waals surface area contributed by atoms with Gasteiger partial charge in [-0.3, -0.25) is 0 Å². The first kappa shape index (κ1) is 10.4. The molecule has 1 fully saturated rings.